The van der Waals surface area contributed by atoms with Crippen LogP contribution in [0.3, 0.4) is 0 Å². The molecule has 4 N–H and O–H groups in total. The lowest BCUT2D eigenvalue weighted by Crippen LogP contribution is -2.60. The van der Waals surface area contributed by atoms with Crippen LogP contribution in [0.2, 0.25) is 0 Å². The van der Waals surface area contributed by atoms with Gasteiger partial charge in [0.05, 0.1) is 19.3 Å². The minimum absolute atomic E-state index is 0.194. The van der Waals surface area contributed by atoms with Crippen LogP contribution in [0.1, 0.15) is 54.6 Å². The van der Waals surface area contributed by atoms with Gasteiger partial charge in [0.1, 0.15) is 30.2 Å². The zero-order valence-corrected chi connectivity index (χ0v) is 19.4. The maximum absolute atomic E-state index is 10.5. The van der Waals surface area contributed by atoms with Crippen molar-refractivity contribution in [1.29, 1.82) is 0 Å². The number of benzene rings is 1. The first-order valence-electron chi connectivity index (χ1n) is 11.6. The van der Waals surface area contributed by atoms with Crippen molar-refractivity contribution in [2.24, 2.45) is 0 Å². The van der Waals surface area contributed by atoms with Crippen LogP contribution in [0.5, 0.6) is 5.75 Å². The van der Waals surface area contributed by atoms with Gasteiger partial charge in [-0.3, -0.25) is 0 Å². The molecule has 2 aromatic rings. The molecular weight excluding hydrogens is 426 g/mol. The highest BCUT2D eigenvalue weighted by molar-refractivity contribution is 5.42. The zero-order chi connectivity index (χ0) is 23.7. The van der Waals surface area contributed by atoms with Crippen LogP contribution >= 0.6 is 0 Å². The van der Waals surface area contributed by atoms with Crippen LogP contribution in [0.15, 0.2) is 30.5 Å². The van der Waals surface area contributed by atoms with Gasteiger partial charge in [-0.1, -0.05) is 38.1 Å². The summed E-state index contributed by atoms with van der Waals surface area (Å²) in [6.45, 7) is 7.19. The molecule has 8 heteroatoms. The summed E-state index contributed by atoms with van der Waals surface area (Å²) in [6.07, 6.45) is -3.20. The Bertz CT molecular complexity index is 918. The van der Waals surface area contributed by atoms with Gasteiger partial charge < -0.3 is 39.2 Å². The lowest BCUT2D eigenvalue weighted by Gasteiger charge is -2.39. The number of aromatic nitrogens is 1. The molecule has 182 valence electrons. The first-order valence-corrected chi connectivity index (χ1v) is 11.6. The Hall–Kier alpha value is -1.94. The number of nitrogens with zero attached hydrogens (tertiary/aromatic N) is 1. The molecule has 0 amide bonds. The van der Waals surface area contributed by atoms with Crippen molar-refractivity contribution >= 4 is 0 Å². The minimum atomic E-state index is -1.49. The first-order chi connectivity index (χ1) is 15.8. The highest BCUT2D eigenvalue weighted by Crippen LogP contribution is 2.35. The standard InChI is InChI=1S/C25H35NO7/c1-14(2)17-6-4-16(5-7-17)10-19-15(3)26(18-8-9-31-13-18)11-20(19)32-25-24(30)23(29)22(28)21(12-27)33-25/h4-7,11,14,18,21-25,27-30H,8-10,12-13H2,1-3H3/t18?,21-,22-,23+,24-,25-/m1/s1. The summed E-state index contributed by atoms with van der Waals surface area (Å²) in [6, 6.07) is 8.69. The molecule has 2 aliphatic rings. The van der Waals surface area contributed by atoms with E-state index < -0.39 is 37.3 Å². The van der Waals surface area contributed by atoms with Crippen molar-refractivity contribution in [2.75, 3.05) is 19.8 Å². The van der Waals surface area contributed by atoms with E-state index in [-0.39, 0.29) is 6.04 Å². The lowest BCUT2D eigenvalue weighted by atomic mass is 9.98. The second-order valence-electron chi connectivity index (χ2n) is 9.37. The fourth-order valence-electron chi connectivity index (χ4n) is 4.59. The average molecular weight is 462 g/mol. The summed E-state index contributed by atoms with van der Waals surface area (Å²) in [4.78, 5) is 0. The van der Waals surface area contributed by atoms with Crippen LogP contribution in [-0.4, -0.2) is 75.5 Å². The first kappa shape index (κ1) is 24.2. The molecule has 1 aromatic carbocycles. The molecule has 33 heavy (non-hydrogen) atoms. The van der Waals surface area contributed by atoms with Gasteiger partial charge in [0.15, 0.2) is 0 Å². The molecule has 4 rings (SSSR count). The van der Waals surface area contributed by atoms with E-state index in [1.807, 2.05) is 13.1 Å². The Morgan fingerprint density at radius 3 is 2.42 bits per heavy atom. The lowest BCUT2D eigenvalue weighted by molar-refractivity contribution is -0.277. The normalized spacial score (nSPS) is 30.2. The van der Waals surface area contributed by atoms with Gasteiger partial charge in [-0.2, -0.15) is 0 Å². The summed E-state index contributed by atoms with van der Waals surface area (Å²) >= 11 is 0. The molecule has 6 atom stereocenters. The second-order valence-corrected chi connectivity index (χ2v) is 9.37. The smallest absolute Gasteiger partial charge is 0.229 e. The average Bonchev–Trinajstić information content (AvgIpc) is 3.44. The van der Waals surface area contributed by atoms with Crippen LogP contribution in [0, 0.1) is 6.92 Å². The Morgan fingerprint density at radius 2 is 1.82 bits per heavy atom. The SMILES string of the molecule is Cc1c(Cc2ccc(C(C)C)cc2)c(O[C@@H]2O[C@H](CO)[C@@H](O)[C@H](O)[C@H]2O)cn1C1CCOC1. The van der Waals surface area contributed by atoms with Gasteiger partial charge in [0, 0.05) is 30.5 Å². The molecule has 2 saturated heterocycles. The van der Waals surface area contributed by atoms with E-state index in [2.05, 4.69) is 42.7 Å². The summed E-state index contributed by atoms with van der Waals surface area (Å²) in [5.41, 5.74) is 4.39. The van der Waals surface area contributed by atoms with Gasteiger partial charge in [0.25, 0.3) is 0 Å². The highest BCUT2D eigenvalue weighted by atomic mass is 16.7. The number of hydrogen-bond donors (Lipinski definition) is 4. The summed E-state index contributed by atoms with van der Waals surface area (Å²) < 4.78 is 19.4. The van der Waals surface area contributed by atoms with Crippen LogP contribution in [0.4, 0.5) is 0 Å². The van der Waals surface area contributed by atoms with Gasteiger partial charge in [-0.15, -0.1) is 0 Å². The molecule has 0 saturated carbocycles. The number of aliphatic hydroxyl groups excluding tert-OH is 4. The van der Waals surface area contributed by atoms with Crippen molar-refractivity contribution in [2.45, 2.75) is 76.3 Å². The Morgan fingerprint density at radius 1 is 1.09 bits per heavy atom. The monoisotopic (exact) mass is 461 g/mol. The van der Waals surface area contributed by atoms with Crippen molar-refractivity contribution in [1.82, 2.24) is 4.57 Å². The Kier molecular flexibility index (Phi) is 7.43. The zero-order valence-electron chi connectivity index (χ0n) is 19.4. The van der Waals surface area contributed by atoms with Crippen molar-refractivity contribution < 1.29 is 34.6 Å². The van der Waals surface area contributed by atoms with E-state index in [0.29, 0.717) is 31.3 Å². The number of ether oxygens (including phenoxy) is 3. The molecule has 0 aliphatic carbocycles. The molecule has 0 bridgehead atoms. The maximum atomic E-state index is 10.5. The maximum Gasteiger partial charge on any atom is 0.229 e. The third-order valence-electron chi connectivity index (χ3n) is 6.80. The third kappa shape index (κ3) is 4.96. The summed E-state index contributed by atoms with van der Waals surface area (Å²) in [5, 5.41) is 40.2. The van der Waals surface area contributed by atoms with Gasteiger partial charge in [0.2, 0.25) is 6.29 Å². The van der Waals surface area contributed by atoms with E-state index in [1.54, 1.807) is 0 Å². The molecule has 8 nitrogen and oxygen atoms in total. The fourth-order valence-corrected chi connectivity index (χ4v) is 4.59. The quantitative estimate of drug-likeness (QED) is 0.496. The summed E-state index contributed by atoms with van der Waals surface area (Å²) in [7, 11) is 0. The van der Waals surface area contributed by atoms with Crippen molar-refractivity contribution in [3.05, 3.63) is 52.8 Å². The molecule has 0 spiro atoms. The van der Waals surface area contributed by atoms with E-state index in [0.717, 1.165) is 23.2 Å². The van der Waals surface area contributed by atoms with Crippen LogP contribution in [-0.2, 0) is 15.9 Å². The fraction of sp³-hybridized carbons (Fsp3) is 0.600. The van der Waals surface area contributed by atoms with Gasteiger partial charge in [-0.25, -0.2) is 0 Å². The second kappa shape index (κ2) is 10.1. The molecule has 1 aromatic heterocycles. The molecule has 3 heterocycles. The van der Waals surface area contributed by atoms with Crippen LogP contribution in [0.25, 0.3) is 0 Å². The largest absolute Gasteiger partial charge is 0.460 e. The van der Waals surface area contributed by atoms with Crippen LogP contribution < -0.4 is 4.74 Å². The van der Waals surface area contributed by atoms with E-state index in [9.17, 15) is 20.4 Å². The molecule has 1 unspecified atom stereocenters. The van der Waals surface area contributed by atoms with E-state index in [4.69, 9.17) is 14.2 Å². The number of hydrogen-bond acceptors (Lipinski definition) is 7. The predicted molar refractivity (Wildman–Crippen MR) is 121 cm³/mol. The third-order valence-corrected chi connectivity index (χ3v) is 6.80. The van der Waals surface area contributed by atoms with Gasteiger partial charge >= 0.3 is 0 Å². The molecule has 2 aliphatic heterocycles. The number of aliphatic hydroxyl groups is 4. The van der Waals surface area contributed by atoms with Gasteiger partial charge in [-0.05, 0) is 30.4 Å². The highest BCUT2D eigenvalue weighted by Gasteiger charge is 2.45. The molecule has 0 radical (unpaired) electrons. The van der Waals surface area contributed by atoms with E-state index >= 15 is 0 Å². The topological polar surface area (TPSA) is 114 Å². The Labute approximate surface area is 194 Å². The molecule has 2 fully saturated rings. The summed E-state index contributed by atoms with van der Waals surface area (Å²) in [5.74, 6) is 0.992. The number of rotatable bonds is 7. The predicted octanol–water partition coefficient (Wildman–Crippen LogP) is 1.65. The van der Waals surface area contributed by atoms with Crippen molar-refractivity contribution in [3.63, 3.8) is 0 Å². The Balaban J connectivity index is 1.63. The molecular formula is C25H35NO7. The minimum Gasteiger partial charge on any atom is -0.460 e. The van der Waals surface area contributed by atoms with E-state index in [1.165, 1.54) is 5.56 Å². The van der Waals surface area contributed by atoms with Crippen molar-refractivity contribution in [3.8, 4) is 5.75 Å².